The summed E-state index contributed by atoms with van der Waals surface area (Å²) in [5.41, 5.74) is 0. The van der Waals surface area contributed by atoms with Gasteiger partial charge in [-0.3, -0.25) is 14.5 Å². The van der Waals surface area contributed by atoms with Crippen molar-refractivity contribution in [1.82, 2.24) is 9.80 Å². The lowest BCUT2D eigenvalue weighted by molar-refractivity contribution is -0.144. The van der Waals surface area contributed by atoms with E-state index < -0.39 is 0 Å². The van der Waals surface area contributed by atoms with Gasteiger partial charge in [-0.05, 0) is 6.92 Å². The second kappa shape index (κ2) is 11.0. The highest BCUT2D eigenvalue weighted by Gasteiger charge is 2.17. The molecule has 0 aromatic carbocycles. The second-order valence-electron chi connectivity index (χ2n) is 4.14. The van der Waals surface area contributed by atoms with Crippen LogP contribution in [0, 0.1) is 0 Å². The molecule has 0 atom stereocenters. The van der Waals surface area contributed by atoms with E-state index in [1.54, 1.807) is 35.0 Å². The van der Waals surface area contributed by atoms with Crippen LogP contribution in [0.3, 0.4) is 0 Å². The molecule has 0 saturated carbocycles. The average Bonchev–Trinajstić information content (AvgIpc) is 2.38. The molecule has 112 valence electrons. The van der Waals surface area contributed by atoms with Crippen molar-refractivity contribution in [2.75, 3.05) is 39.3 Å². The Morgan fingerprint density at radius 3 is 2.00 bits per heavy atom. The van der Waals surface area contributed by atoms with E-state index in [1.165, 1.54) is 0 Å². The molecule has 5 nitrogen and oxygen atoms in total. The number of esters is 1. The van der Waals surface area contributed by atoms with Crippen LogP contribution in [0.2, 0.25) is 0 Å². The van der Waals surface area contributed by atoms with Crippen molar-refractivity contribution in [3.8, 4) is 0 Å². The van der Waals surface area contributed by atoms with Crippen molar-refractivity contribution >= 4 is 11.9 Å². The van der Waals surface area contributed by atoms with Gasteiger partial charge in [0.25, 0.3) is 0 Å². The van der Waals surface area contributed by atoms with Gasteiger partial charge in [0, 0.05) is 19.6 Å². The minimum absolute atomic E-state index is 0.0711. The maximum atomic E-state index is 12.1. The lowest BCUT2D eigenvalue weighted by atomic mass is 10.3. The van der Waals surface area contributed by atoms with Crippen LogP contribution in [-0.2, 0) is 14.3 Å². The maximum absolute atomic E-state index is 12.1. The SMILES string of the molecule is C=CCN(CC(=O)OCC)CC(=O)N(CC=C)CC=C. The highest BCUT2D eigenvalue weighted by molar-refractivity contribution is 5.79. The summed E-state index contributed by atoms with van der Waals surface area (Å²) in [6, 6.07) is 0. The van der Waals surface area contributed by atoms with Crippen molar-refractivity contribution in [1.29, 1.82) is 0 Å². The molecule has 20 heavy (non-hydrogen) atoms. The fraction of sp³-hybridized carbons (Fsp3) is 0.467. The third-order valence-electron chi connectivity index (χ3n) is 2.46. The number of carbonyl (C=O) groups excluding carboxylic acids is 2. The molecular weight excluding hydrogens is 256 g/mol. The van der Waals surface area contributed by atoms with Crippen LogP contribution in [-0.4, -0.2) is 61.0 Å². The molecule has 0 bridgehead atoms. The van der Waals surface area contributed by atoms with Crippen LogP contribution >= 0.6 is 0 Å². The fourth-order valence-corrected chi connectivity index (χ4v) is 1.64. The van der Waals surface area contributed by atoms with Crippen LogP contribution in [0.1, 0.15) is 6.92 Å². The molecule has 0 aromatic rings. The van der Waals surface area contributed by atoms with E-state index in [9.17, 15) is 9.59 Å². The molecule has 1 amide bonds. The summed E-state index contributed by atoms with van der Waals surface area (Å²) < 4.78 is 4.88. The monoisotopic (exact) mass is 280 g/mol. The first-order chi connectivity index (χ1) is 9.58. The lowest BCUT2D eigenvalue weighted by Gasteiger charge is -2.24. The van der Waals surface area contributed by atoms with E-state index in [0.717, 1.165) is 0 Å². The van der Waals surface area contributed by atoms with Crippen molar-refractivity contribution in [3.05, 3.63) is 38.0 Å². The van der Waals surface area contributed by atoms with Gasteiger partial charge in [0.1, 0.15) is 0 Å². The Kier molecular flexibility index (Phi) is 9.96. The number of hydrogen-bond acceptors (Lipinski definition) is 4. The minimum atomic E-state index is -0.346. The van der Waals surface area contributed by atoms with Gasteiger partial charge in [0.05, 0.1) is 19.7 Å². The molecule has 0 aliphatic carbocycles. The van der Waals surface area contributed by atoms with Crippen molar-refractivity contribution in [2.45, 2.75) is 6.92 Å². The van der Waals surface area contributed by atoms with E-state index >= 15 is 0 Å². The van der Waals surface area contributed by atoms with Gasteiger partial charge in [-0.2, -0.15) is 0 Å². The van der Waals surface area contributed by atoms with Crippen molar-refractivity contribution in [2.24, 2.45) is 0 Å². The molecule has 0 rings (SSSR count). The molecule has 5 heteroatoms. The zero-order chi connectivity index (χ0) is 15.4. The number of hydrogen-bond donors (Lipinski definition) is 0. The van der Waals surface area contributed by atoms with Gasteiger partial charge in [0.2, 0.25) is 5.91 Å². The van der Waals surface area contributed by atoms with Crippen LogP contribution in [0.25, 0.3) is 0 Å². The van der Waals surface area contributed by atoms with Gasteiger partial charge < -0.3 is 9.64 Å². The number of amides is 1. The highest BCUT2D eigenvalue weighted by Crippen LogP contribution is 1.97. The molecular formula is C15H24N2O3. The van der Waals surface area contributed by atoms with Gasteiger partial charge in [-0.1, -0.05) is 18.2 Å². The number of carbonyl (C=O) groups is 2. The average molecular weight is 280 g/mol. The first-order valence-corrected chi connectivity index (χ1v) is 6.57. The third-order valence-corrected chi connectivity index (χ3v) is 2.46. The molecule has 0 saturated heterocycles. The number of nitrogens with zero attached hydrogens (tertiary/aromatic N) is 2. The van der Waals surface area contributed by atoms with E-state index in [4.69, 9.17) is 4.74 Å². The Morgan fingerprint density at radius 1 is 1.00 bits per heavy atom. The number of ether oxygens (including phenoxy) is 1. The van der Waals surface area contributed by atoms with Crippen molar-refractivity contribution in [3.63, 3.8) is 0 Å². The molecule has 0 fully saturated rings. The largest absolute Gasteiger partial charge is 0.465 e. The molecule has 0 radical (unpaired) electrons. The molecule has 0 N–H and O–H groups in total. The van der Waals surface area contributed by atoms with Gasteiger partial charge in [-0.25, -0.2) is 0 Å². The molecule has 0 aromatic heterocycles. The fourth-order valence-electron chi connectivity index (χ4n) is 1.64. The topological polar surface area (TPSA) is 49.9 Å². The second-order valence-corrected chi connectivity index (χ2v) is 4.14. The zero-order valence-corrected chi connectivity index (χ0v) is 12.2. The van der Waals surface area contributed by atoms with E-state index in [0.29, 0.717) is 26.2 Å². The van der Waals surface area contributed by atoms with Gasteiger partial charge >= 0.3 is 5.97 Å². The van der Waals surface area contributed by atoms with E-state index in [-0.39, 0.29) is 25.0 Å². The highest BCUT2D eigenvalue weighted by atomic mass is 16.5. The predicted octanol–water partition coefficient (Wildman–Crippen LogP) is 1.24. The first kappa shape index (κ1) is 18.1. The lowest BCUT2D eigenvalue weighted by Crippen LogP contribution is -2.42. The standard InChI is InChI=1S/C15H24N2O3/c1-5-9-16(13-15(19)20-8-4)12-14(18)17(10-6-2)11-7-3/h5-7H,1-3,8-13H2,4H3. The summed E-state index contributed by atoms with van der Waals surface area (Å²) in [4.78, 5) is 26.9. The third kappa shape index (κ3) is 7.53. The zero-order valence-electron chi connectivity index (χ0n) is 12.2. The Labute approximate surface area is 121 Å². The first-order valence-electron chi connectivity index (χ1n) is 6.57. The van der Waals surface area contributed by atoms with Crippen LogP contribution < -0.4 is 0 Å². The van der Waals surface area contributed by atoms with Crippen LogP contribution in [0.5, 0.6) is 0 Å². The Bertz CT molecular complexity index is 343. The molecule has 0 aliphatic heterocycles. The molecule has 0 aliphatic rings. The Balaban J connectivity index is 4.57. The summed E-state index contributed by atoms with van der Waals surface area (Å²) in [5, 5.41) is 0. The maximum Gasteiger partial charge on any atom is 0.320 e. The van der Waals surface area contributed by atoms with E-state index in [2.05, 4.69) is 19.7 Å². The molecule has 0 heterocycles. The van der Waals surface area contributed by atoms with Gasteiger partial charge in [-0.15, -0.1) is 19.7 Å². The summed E-state index contributed by atoms with van der Waals surface area (Å²) in [6.45, 7) is 14.5. The smallest absolute Gasteiger partial charge is 0.320 e. The summed E-state index contributed by atoms with van der Waals surface area (Å²) >= 11 is 0. The summed E-state index contributed by atoms with van der Waals surface area (Å²) in [7, 11) is 0. The molecule has 0 spiro atoms. The number of rotatable bonds is 11. The van der Waals surface area contributed by atoms with Crippen LogP contribution in [0.15, 0.2) is 38.0 Å². The normalized spacial score (nSPS) is 9.90. The predicted molar refractivity (Wildman–Crippen MR) is 80.2 cm³/mol. The van der Waals surface area contributed by atoms with Crippen molar-refractivity contribution < 1.29 is 14.3 Å². The van der Waals surface area contributed by atoms with E-state index in [1.807, 2.05) is 0 Å². The quantitative estimate of drug-likeness (QED) is 0.422. The Morgan fingerprint density at radius 2 is 1.55 bits per heavy atom. The van der Waals surface area contributed by atoms with Gasteiger partial charge in [0.15, 0.2) is 0 Å². The minimum Gasteiger partial charge on any atom is -0.465 e. The molecule has 0 unspecified atom stereocenters. The summed E-state index contributed by atoms with van der Waals surface area (Å²) in [5.74, 6) is -0.433. The van der Waals surface area contributed by atoms with Crippen LogP contribution in [0.4, 0.5) is 0 Å². The Hall–Kier alpha value is -1.88. The summed E-state index contributed by atoms with van der Waals surface area (Å²) in [6.07, 6.45) is 4.97.